The van der Waals surface area contributed by atoms with Crippen LogP contribution in [0, 0.1) is 11.6 Å². The number of unbranched alkanes of at least 4 members (excludes halogenated alkanes) is 1. The molecule has 0 aliphatic rings. The van der Waals surface area contributed by atoms with Crippen molar-refractivity contribution in [3.63, 3.8) is 0 Å². The summed E-state index contributed by atoms with van der Waals surface area (Å²) in [4.78, 5) is 0. The molecule has 0 saturated carbocycles. The van der Waals surface area contributed by atoms with Gasteiger partial charge in [-0.3, -0.25) is 0 Å². The molecule has 0 saturated heterocycles. The van der Waals surface area contributed by atoms with Crippen LogP contribution in [0.5, 0.6) is 0 Å². The summed E-state index contributed by atoms with van der Waals surface area (Å²) in [5.74, 6) is -1.04. The van der Waals surface area contributed by atoms with Gasteiger partial charge >= 0.3 is 8.80 Å². The molecule has 1 aromatic carbocycles. The molecule has 0 amide bonds. The molecule has 0 bridgehead atoms. The number of halogens is 2. The quantitative estimate of drug-likeness (QED) is 0.453. The van der Waals surface area contributed by atoms with Gasteiger partial charge in [0.15, 0.2) is 0 Å². The van der Waals surface area contributed by atoms with Crippen molar-refractivity contribution in [3.05, 3.63) is 35.4 Å². The Balaban J connectivity index is 2.57. The van der Waals surface area contributed by atoms with Gasteiger partial charge in [-0.1, -0.05) is 6.07 Å². The molecule has 0 N–H and O–H groups in total. The maximum atomic E-state index is 13.6. The molecule has 23 heavy (non-hydrogen) atoms. The average molecular weight is 346 g/mol. The zero-order chi connectivity index (χ0) is 17.5. The van der Waals surface area contributed by atoms with Crippen LogP contribution < -0.4 is 0 Å². The molecule has 0 unspecified atom stereocenters. The van der Waals surface area contributed by atoms with Crippen molar-refractivity contribution in [1.82, 2.24) is 0 Å². The van der Waals surface area contributed by atoms with Crippen LogP contribution >= 0.6 is 0 Å². The maximum Gasteiger partial charge on any atom is 0.501 e. The predicted molar refractivity (Wildman–Crippen MR) is 89.3 cm³/mol. The molecule has 0 aliphatic carbocycles. The summed E-state index contributed by atoms with van der Waals surface area (Å²) in [5, 5.41) is 0. The van der Waals surface area contributed by atoms with Gasteiger partial charge in [-0.25, -0.2) is 8.78 Å². The first-order chi connectivity index (χ1) is 10.8. The van der Waals surface area contributed by atoms with Crippen molar-refractivity contribution in [2.45, 2.75) is 65.2 Å². The molecule has 0 aromatic heterocycles. The summed E-state index contributed by atoms with van der Waals surface area (Å²) in [7, 11) is -1.09. The van der Waals surface area contributed by atoms with Gasteiger partial charge in [0.1, 0.15) is 11.6 Å². The lowest BCUT2D eigenvalue weighted by Gasteiger charge is -2.31. The Bertz CT molecular complexity index is 471. The van der Waals surface area contributed by atoms with E-state index >= 15 is 0 Å². The second-order valence-electron chi connectivity index (χ2n) is 6.16. The third-order valence-corrected chi connectivity index (χ3v) is 6.58. The second kappa shape index (κ2) is 9.47. The van der Waals surface area contributed by atoms with Crippen LogP contribution in [-0.4, -0.2) is 28.1 Å². The highest BCUT2D eigenvalue weighted by molar-refractivity contribution is 6.60. The fourth-order valence-electron chi connectivity index (χ4n) is 2.44. The van der Waals surface area contributed by atoms with Crippen LogP contribution in [0.25, 0.3) is 0 Å². The highest BCUT2D eigenvalue weighted by Gasteiger charge is 2.41. The number of benzene rings is 1. The first-order valence-electron chi connectivity index (χ1n) is 8.12. The summed E-state index contributed by atoms with van der Waals surface area (Å²) in [6, 6.07) is 4.40. The molecule has 0 heterocycles. The Labute approximate surface area is 139 Å². The minimum absolute atomic E-state index is 0.0231. The lowest BCUT2D eigenvalue weighted by molar-refractivity contribution is 0.0323. The number of hydrogen-bond acceptors (Lipinski definition) is 3. The van der Waals surface area contributed by atoms with Crippen molar-refractivity contribution in [3.8, 4) is 0 Å². The summed E-state index contributed by atoms with van der Waals surface area (Å²) >= 11 is 0. The maximum absolute atomic E-state index is 13.6. The van der Waals surface area contributed by atoms with E-state index < -0.39 is 20.4 Å². The van der Waals surface area contributed by atoms with E-state index in [1.807, 2.05) is 27.7 Å². The van der Waals surface area contributed by atoms with Gasteiger partial charge in [-0.2, -0.15) is 0 Å². The molecular weight excluding hydrogens is 318 g/mol. The molecule has 0 aliphatic heterocycles. The van der Waals surface area contributed by atoms with E-state index in [1.165, 1.54) is 12.1 Å². The normalized spacial score (nSPS) is 12.4. The summed E-state index contributed by atoms with van der Waals surface area (Å²) < 4.78 is 44.1. The lowest BCUT2D eigenvalue weighted by Crippen LogP contribution is -2.48. The minimum atomic E-state index is -2.71. The van der Waals surface area contributed by atoms with Gasteiger partial charge in [0.05, 0.1) is 0 Å². The SMILES string of the molecule is CO[Si](CCCCc1ccc(F)cc1F)(OC(C)C)OC(C)C. The van der Waals surface area contributed by atoms with Crippen LogP contribution in [-0.2, 0) is 19.7 Å². The average Bonchev–Trinajstić information content (AvgIpc) is 2.44. The van der Waals surface area contributed by atoms with Crippen molar-refractivity contribution < 1.29 is 22.1 Å². The fraction of sp³-hybridized carbons (Fsp3) is 0.647. The monoisotopic (exact) mass is 346 g/mol. The Morgan fingerprint density at radius 3 is 2.09 bits per heavy atom. The Morgan fingerprint density at radius 1 is 1.00 bits per heavy atom. The molecule has 1 aromatic rings. The van der Waals surface area contributed by atoms with Crippen LogP contribution in [0.3, 0.4) is 0 Å². The number of rotatable bonds is 10. The third-order valence-electron chi connectivity index (χ3n) is 3.34. The topological polar surface area (TPSA) is 27.7 Å². The van der Waals surface area contributed by atoms with Gasteiger partial charge in [0.25, 0.3) is 0 Å². The largest absolute Gasteiger partial charge is 0.501 e. The van der Waals surface area contributed by atoms with Crippen LogP contribution in [0.1, 0.15) is 46.1 Å². The third kappa shape index (κ3) is 7.08. The summed E-state index contributed by atoms with van der Waals surface area (Å²) in [6.07, 6.45) is 2.17. The second-order valence-corrected chi connectivity index (χ2v) is 8.91. The van der Waals surface area contributed by atoms with Crippen molar-refractivity contribution >= 4 is 8.80 Å². The standard InChI is InChI=1S/C17H28F2O3Si/c1-13(2)21-23(20-5,22-14(3)4)11-7-6-8-15-9-10-16(18)12-17(15)19/h9-10,12-14H,6-8,11H2,1-5H3. The molecule has 0 fully saturated rings. The predicted octanol–water partition coefficient (Wildman–Crippen LogP) is 4.72. The first-order valence-corrected chi connectivity index (χ1v) is 10.1. The van der Waals surface area contributed by atoms with E-state index in [0.29, 0.717) is 18.0 Å². The highest BCUT2D eigenvalue weighted by Crippen LogP contribution is 2.23. The van der Waals surface area contributed by atoms with Crippen molar-refractivity contribution in [1.29, 1.82) is 0 Å². The molecule has 3 nitrogen and oxygen atoms in total. The van der Waals surface area contributed by atoms with Gasteiger partial charge in [0.2, 0.25) is 0 Å². The van der Waals surface area contributed by atoms with Gasteiger partial charge < -0.3 is 13.3 Å². The van der Waals surface area contributed by atoms with E-state index in [0.717, 1.165) is 18.9 Å². The molecule has 0 spiro atoms. The Kier molecular flexibility index (Phi) is 8.32. The van der Waals surface area contributed by atoms with Gasteiger partial charge in [0, 0.05) is 31.4 Å². The molecular formula is C17H28F2O3Si. The molecule has 0 atom stereocenters. The zero-order valence-corrected chi connectivity index (χ0v) is 15.7. The van der Waals surface area contributed by atoms with Crippen LogP contribution in [0.15, 0.2) is 18.2 Å². The molecule has 6 heteroatoms. The summed E-state index contributed by atoms with van der Waals surface area (Å²) in [6.45, 7) is 7.83. The van der Waals surface area contributed by atoms with Gasteiger partial charge in [-0.05, 0) is 58.6 Å². The highest BCUT2D eigenvalue weighted by atomic mass is 28.4. The molecule has 0 radical (unpaired) electrons. The van der Waals surface area contributed by atoms with E-state index in [4.69, 9.17) is 13.3 Å². The zero-order valence-electron chi connectivity index (χ0n) is 14.7. The smallest absolute Gasteiger partial charge is 0.377 e. The Morgan fingerprint density at radius 2 is 1.61 bits per heavy atom. The van der Waals surface area contributed by atoms with Crippen LogP contribution in [0.4, 0.5) is 8.78 Å². The molecule has 1 rings (SSSR count). The van der Waals surface area contributed by atoms with E-state index in [2.05, 4.69) is 0 Å². The first kappa shape index (κ1) is 20.2. The van der Waals surface area contributed by atoms with Gasteiger partial charge in [-0.15, -0.1) is 0 Å². The van der Waals surface area contributed by atoms with E-state index in [9.17, 15) is 8.78 Å². The fourth-order valence-corrected chi connectivity index (χ4v) is 5.25. The number of aryl methyl sites for hydroxylation is 1. The van der Waals surface area contributed by atoms with E-state index in [-0.39, 0.29) is 12.2 Å². The van der Waals surface area contributed by atoms with Crippen LogP contribution in [0.2, 0.25) is 6.04 Å². The Hall–Kier alpha value is -0.823. The number of hydrogen-bond donors (Lipinski definition) is 0. The summed E-state index contributed by atoms with van der Waals surface area (Å²) in [5.41, 5.74) is 0.533. The van der Waals surface area contributed by atoms with Crippen molar-refractivity contribution in [2.75, 3.05) is 7.11 Å². The minimum Gasteiger partial charge on any atom is -0.377 e. The molecule has 132 valence electrons. The lowest BCUT2D eigenvalue weighted by atomic mass is 10.1. The van der Waals surface area contributed by atoms with E-state index in [1.54, 1.807) is 7.11 Å². The van der Waals surface area contributed by atoms with Crippen molar-refractivity contribution in [2.24, 2.45) is 0 Å².